The minimum absolute atomic E-state index is 0.835. The maximum absolute atomic E-state index is 5.18. The van der Waals surface area contributed by atoms with E-state index in [1.54, 1.807) is 7.11 Å². The van der Waals surface area contributed by atoms with Crippen molar-refractivity contribution in [3.63, 3.8) is 0 Å². The highest BCUT2D eigenvalue weighted by atomic mass is 33.2. The van der Waals surface area contributed by atoms with Gasteiger partial charge in [-0.15, -0.1) is 0 Å². The monoisotopic (exact) mass is 235 g/mol. The average molecular weight is 235 g/mol. The Balaban J connectivity index is 2.93. The van der Waals surface area contributed by atoms with Gasteiger partial charge in [0, 0.05) is 0 Å². The zero-order valence-corrected chi connectivity index (χ0v) is 10.2. The summed E-state index contributed by atoms with van der Waals surface area (Å²) in [4.78, 5) is 0. The van der Waals surface area contributed by atoms with E-state index in [1.165, 1.54) is 0 Å². The Morgan fingerprint density at radius 1 is 1.25 bits per heavy atom. The van der Waals surface area contributed by atoms with Crippen LogP contribution in [0.15, 0.2) is 24.3 Å². The summed E-state index contributed by atoms with van der Waals surface area (Å²) in [5, 5.41) is -0.731. The predicted octanol–water partition coefficient (Wildman–Crippen LogP) is 2.05. The lowest BCUT2D eigenvalue weighted by Crippen LogP contribution is -2.00. The highest BCUT2D eigenvalue weighted by molar-refractivity contribution is 8.92. The van der Waals surface area contributed by atoms with Crippen LogP contribution in [0.3, 0.4) is 0 Å². The quantitative estimate of drug-likeness (QED) is 0.573. The standard InChI is InChI=1S/C7H10OP2S2/c1-8-6-2-4-7(5-3-6)10(9,11)12/h2-5H,9H2,1H3,(H,11,12)/p-1. The lowest BCUT2D eigenvalue weighted by molar-refractivity contribution is 0.415. The molecule has 0 aliphatic heterocycles. The highest BCUT2D eigenvalue weighted by Gasteiger charge is 2.03. The van der Waals surface area contributed by atoms with E-state index in [1.807, 2.05) is 24.3 Å². The first-order chi connectivity index (χ1) is 5.54. The first-order valence-corrected chi connectivity index (χ1v) is 8.71. The molecule has 0 saturated heterocycles. The summed E-state index contributed by atoms with van der Waals surface area (Å²) in [7, 11) is 4.20. The van der Waals surface area contributed by atoms with Crippen LogP contribution in [0.2, 0.25) is 0 Å². The zero-order chi connectivity index (χ0) is 9.19. The third-order valence-electron chi connectivity index (χ3n) is 1.43. The maximum atomic E-state index is 5.18. The van der Waals surface area contributed by atoms with E-state index in [2.05, 4.69) is 8.93 Å². The van der Waals surface area contributed by atoms with Crippen molar-refractivity contribution in [2.45, 2.75) is 0 Å². The van der Waals surface area contributed by atoms with Gasteiger partial charge in [-0.1, -0.05) is 0 Å². The molecule has 12 heavy (non-hydrogen) atoms. The van der Waals surface area contributed by atoms with Crippen LogP contribution in [0.5, 0.6) is 5.75 Å². The van der Waals surface area contributed by atoms with E-state index in [4.69, 9.17) is 29.2 Å². The van der Waals surface area contributed by atoms with Crippen LogP contribution in [-0.4, -0.2) is 7.11 Å². The molecule has 1 unspecified atom stereocenters. The lowest BCUT2D eigenvalue weighted by atomic mass is 10.3. The van der Waals surface area contributed by atoms with Crippen molar-refractivity contribution in [3.8, 4) is 5.75 Å². The van der Waals surface area contributed by atoms with Crippen LogP contribution in [0, 0.1) is 0 Å². The molecule has 0 spiro atoms. The Bertz CT molecular complexity index is 255. The Morgan fingerprint density at radius 3 is 2.08 bits per heavy atom. The average Bonchev–Trinajstić information content (AvgIpc) is 2.03. The fourth-order valence-electron chi connectivity index (χ4n) is 0.790. The summed E-state index contributed by atoms with van der Waals surface area (Å²) >= 11 is 10.4. The van der Waals surface area contributed by atoms with Crippen molar-refractivity contribution >= 4 is 44.1 Å². The molecular weight excluding hydrogens is 226 g/mol. The smallest absolute Gasteiger partial charge is 0.119 e. The normalized spacial score (nSPS) is 11.3. The van der Waals surface area contributed by atoms with Crippen LogP contribution in [0.4, 0.5) is 0 Å². The van der Waals surface area contributed by atoms with Crippen molar-refractivity contribution in [3.05, 3.63) is 24.3 Å². The number of rotatable bonds is 2. The van der Waals surface area contributed by atoms with Crippen LogP contribution in [-0.2, 0) is 24.5 Å². The second-order valence-electron chi connectivity index (χ2n) is 2.30. The highest BCUT2D eigenvalue weighted by Crippen LogP contribution is 2.61. The summed E-state index contributed by atoms with van der Waals surface area (Å²) in [6, 6.07) is 7.62. The van der Waals surface area contributed by atoms with E-state index >= 15 is 0 Å². The molecule has 0 aliphatic rings. The summed E-state index contributed by atoms with van der Waals surface area (Å²) in [6.07, 6.45) is 0. The molecule has 0 amide bonds. The number of benzene rings is 1. The molecule has 0 bridgehead atoms. The van der Waals surface area contributed by atoms with Crippen molar-refractivity contribution in [1.29, 1.82) is 0 Å². The summed E-state index contributed by atoms with van der Waals surface area (Å²) in [5.41, 5.74) is 0. The van der Waals surface area contributed by atoms with Gasteiger partial charge in [0.15, 0.2) is 0 Å². The molecule has 0 aliphatic carbocycles. The lowest BCUT2D eigenvalue weighted by Gasteiger charge is -2.34. The molecule has 0 heterocycles. The Kier molecular flexibility index (Phi) is 3.73. The van der Waals surface area contributed by atoms with Gasteiger partial charge in [0.05, 0.1) is 12.4 Å². The van der Waals surface area contributed by atoms with Gasteiger partial charge >= 0.3 is 0 Å². The molecule has 1 nitrogen and oxygen atoms in total. The summed E-state index contributed by atoms with van der Waals surface area (Å²) in [5.74, 6) is 0.835. The Hall–Kier alpha value is 0.580. The molecular formula is C7H9OP2S2-. The SMILES string of the molecule is COc1ccc([P+](P)([S-])[S-])cc1. The van der Waals surface area contributed by atoms with Crippen molar-refractivity contribution < 1.29 is 4.74 Å². The van der Waals surface area contributed by atoms with E-state index in [9.17, 15) is 0 Å². The number of hydrogen-bond donors (Lipinski definition) is 0. The minimum atomic E-state index is -1.77. The Morgan fingerprint density at radius 2 is 1.75 bits per heavy atom. The molecule has 1 atom stereocenters. The first kappa shape index (κ1) is 10.7. The topological polar surface area (TPSA) is 9.23 Å². The number of ether oxygens (including phenoxy) is 1. The van der Waals surface area contributed by atoms with Crippen LogP contribution in [0.25, 0.3) is 0 Å². The van der Waals surface area contributed by atoms with Crippen LogP contribution >= 0.6 is 14.3 Å². The van der Waals surface area contributed by atoms with E-state index in [0.717, 1.165) is 11.1 Å². The Labute approximate surface area is 86.0 Å². The van der Waals surface area contributed by atoms with Gasteiger partial charge in [0.2, 0.25) is 0 Å². The van der Waals surface area contributed by atoms with Crippen molar-refractivity contribution in [2.75, 3.05) is 7.11 Å². The van der Waals surface area contributed by atoms with Crippen molar-refractivity contribution in [1.82, 2.24) is 0 Å². The molecule has 5 heteroatoms. The van der Waals surface area contributed by atoms with Gasteiger partial charge in [0.1, 0.15) is 5.75 Å². The minimum Gasteiger partial charge on any atom is -0.571 e. The van der Waals surface area contributed by atoms with Gasteiger partial charge in [0.25, 0.3) is 0 Å². The van der Waals surface area contributed by atoms with Gasteiger partial charge in [-0.25, -0.2) is 0 Å². The first-order valence-electron chi connectivity index (χ1n) is 3.28. The molecule has 0 fully saturated rings. The molecule has 0 radical (unpaired) electrons. The molecule has 1 aromatic carbocycles. The fraction of sp³-hybridized carbons (Fsp3) is 0.143. The van der Waals surface area contributed by atoms with E-state index in [-0.39, 0.29) is 0 Å². The zero-order valence-electron chi connectivity index (χ0n) is 6.56. The third kappa shape index (κ3) is 2.81. The predicted molar refractivity (Wildman–Crippen MR) is 64.0 cm³/mol. The second kappa shape index (κ2) is 4.19. The van der Waals surface area contributed by atoms with Gasteiger partial charge in [-0.05, 0) is 33.2 Å². The molecule has 1 rings (SSSR count). The fourth-order valence-corrected chi connectivity index (χ4v) is 2.60. The van der Waals surface area contributed by atoms with Gasteiger partial charge < -0.3 is 29.2 Å². The summed E-state index contributed by atoms with van der Waals surface area (Å²) in [6.45, 7) is 0. The van der Waals surface area contributed by atoms with E-state index < -0.39 is 5.35 Å². The molecule has 0 N–H and O–H groups in total. The largest absolute Gasteiger partial charge is 0.571 e. The van der Waals surface area contributed by atoms with Gasteiger partial charge in [-0.2, -0.15) is 5.35 Å². The van der Waals surface area contributed by atoms with E-state index in [0.29, 0.717) is 0 Å². The molecule has 0 aromatic heterocycles. The van der Waals surface area contributed by atoms with Crippen molar-refractivity contribution in [2.24, 2.45) is 0 Å². The number of hydrogen-bond acceptors (Lipinski definition) is 3. The maximum Gasteiger partial charge on any atom is 0.119 e. The molecule has 0 saturated carbocycles. The molecule has 1 aromatic rings. The molecule has 66 valence electrons. The van der Waals surface area contributed by atoms with Crippen LogP contribution in [0.1, 0.15) is 0 Å². The number of methoxy groups -OCH3 is 1. The second-order valence-corrected chi connectivity index (χ2v) is 12.7. The third-order valence-corrected chi connectivity index (χ3v) is 4.61. The van der Waals surface area contributed by atoms with Crippen LogP contribution < -0.4 is 10.0 Å². The summed E-state index contributed by atoms with van der Waals surface area (Å²) < 4.78 is 5.02. The van der Waals surface area contributed by atoms with Gasteiger partial charge in [-0.3, -0.25) is 0 Å².